The average molecular weight is 512 g/mol. The topological polar surface area (TPSA) is 147 Å². The van der Waals surface area contributed by atoms with Crippen molar-refractivity contribution in [3.05, 3.63) is 36.2 Å². The van der Waals surface area contributed by atoms with E-state index in [4.69, 9.17) is 4.74 Å². The molecular weight excluding hydrogens is 490 g/mol. The first-order valence-electron chi connectivity index (χ1n) is 11.7. The van der Waals surface area contributed by atoms with Crippen LogP contribution in [0, 0.1) is 17.2 Å². The number of hydrogen-bond acceptors (Lipinski definition) is 8. The molecule has 1 aromatic heterocycles. The predicted octanol–water partition coefficient (Wildman–Crippen LogP) is 2.09. The first-order valence-corrected chi connectivity index (χ1v) is 11.7. The molecule has 2 aliphatic heterocycles. The highest BCUT2D eigenvalue weighted by atomic mass is 19.3. The van der Waals surface area contributed by atoms with E-state index in [0.29, 0.717) is 17.1 Å². The van der Waals surface area contributed by atoms with Crippen molar-refractivity contribution in [1.29, 1.82) is 5.26 Å². The molecule has 37 heavy (non-hydrogen) atoms. The number of cyclic esters (lactones) is 1. The average Bonchev–Trinajstić information content (AvgIpc) is 3.65. The van der Waals surface area contributed by atoms with Gasteiger partial charge in [0.1, 0.15) is 36.6 Å². The molecular formula is C24H22F2N6O5. The fourth-order valence-corrected chi connectivity index (χ4v) is 4.18. The van der Waals surface area contributed by atoms with Gasteiger partial charge in [0.2, 0.25) is 11.8 Å². The molecule has 192 valence electrons. The number of benzene rings is 1. The van der Waals surface area contributed by atoms with Gasteiger partial charge >= 0.3 is 12.0 Å². The lowest BCUT2D eigenvalue weighted by Crippen LogP contribution is -2.58. The van der Waals surface area contributed by atoms with Crippen molar-refractivity contribution in [2.24, 2.45) is 5.92 Å². The van der Waals surface area contributed by atoms with Crippen LogP contribution in [0.4, 0.5) is 19.4 Å². The molecule has 0 bridgehead atoms. The van der Waals surface area contributed by atoms with Gasteiger partial charge in [-0.15, -0.1) is 0 Å². The molecule has 11 nitrogen and oxygen atoms in total. The minimum atomic E-state index is -3.40. The Balaban J connectivity index is 1.27. The summed E-state index contributed by atoms with van der Waals surface area (Å²) in [6.45, 7) is -1.11. The number of halogens is 2. The van der Waals surface area contributed by atoms with Gasteiger partial charge in [0, 0.05) is 30.5 Å². The van der Waals surface area contributed by atoms with Crippen LogP contribution in [0.5, 0.6) is 5.75 Å². The summed E-state index contributed by atoms with van der Waals surface area (Å²) >= 11 is 0. The molecule has 1 aromatic carbocycles. The van der Waals surface area contributed by atoms with E-state index in [1.165, 1.54) is 18.5 Å². The number of ether oxygens (including phenoxy) is 2. The van der Waals surface area contributed by atoms with E-state index >= 15 is 0 Å². The summed E-state index contributed by atoms with van der Waals surface area (Å²) in [6, 6.07) is 6.98. The number of nitriles is 1. The summed E-state index contributed by atoms with van der Waals surface area (Å²) in [5, 5.41) is 14.7. The van der Waals surface area contributed by atoms with E-state index in [-0.39, 0.29) is 42.7 Å². The minimum absolute atomic E-state index is 0.000693. The molecule has 3 aliphatic rings. The van der Waals surface area contributed by atoms with Gasteiger partial charge < -0.3 is 25.0 Å². The summed E-state index contributed by atoms with van der Waals surface area (Å²) in [6.07, 6.45) is 0.470. The monoisotopic (exact) mass is 512 g/mol. The Hall–Kier alpha value is -4.34. The van der Waals surface area contributed by atoms with Gasteiger partial charge in [-0.25, -0.2) is 23.5 Å². The van der Waals surface area contributed by atoms with Crippen LogP contribution in [0.2, 0.25) is 0 Å². The molecule has 3 heterocycles. The molecule has 2 saturated heterocycles. The van der Waals surface area contributed by atoms with Crippen molar-refractivity contribution in [2.45, 2.75) is 37.3 Å². The highest BCUT2D eigenvalue weighted by Gasteiger charge is 2.49. The van der Waals surface area contributed by atoms with Crippen LogP contribution in [0.15, 0.2) is 30.6 Å². The number of likely N-dealkylation sites (tertiary alicyclic amines) is 1. The third kappa shape index (κ3) is 5.28. The fourth-order valence-electron chi connectivity index (χ4n) is 4.18. The van der Waals surface area contributed by atoms with Crippen LogP contribution in [0.3, 0.4) is 0 Å². The lowest BCUT2D eigenvalue weighted by Gasteiger charge is -2.38. The molecule has 13 heteroatoms. The van der Waals surface area contributed by atoms with E-state index in [2.05, 4.69) is 25.3 Å². The molecule has 0 radical (unpaired) electrons. The molecule has 3 fully saturated rings. The summed E-state index contributed by atoms with van der Waals surface area (Å²) in [5.74, 6) is -3.86. The van der Waals surface area contributed by atoms with Crippen molar-refractivity contribution >= 4 is 23.7 Å². The number of nitrogens with zero attached hydrogens (tertiary/aromatic N) is 4. The Morgan fingerprint density at radius 2 is 2.05 bits per heavy atom. The third-order valence-corrected chi connectivity index (χ3v) is 6.35. The SMILES string of the molecule is N#Cc1cc(-c2cc(NC(=O)C3CC3)ncn2)ccc1O[C@H]1CCN(C(=O)C2COC(=O)N2)CC1(F)F. The highest BCUT2D eigenvalue weighted by molar-refractivity contribution is 5.93. The largest absolute Gasteiger partial charge is 0.483 e. The number of aromatic nitrogens is 2. The van der Waals surface area contributed by atoms with Gasteiger partial charge in [-0.05, 0) is 31.0 Å². The molecule has 0 spiro atoms. The van der Waals surface area contributed by atoms with Crippen molar-refractivity contribution in [3.8, 4) is 23.1 Å². The molecule has 3 amide bonds. The normalized spacial score (nSPS) is 22.4. The second-order valence-electron chi connectivity index (χ2n) is 9.09. The second-order valence-corrected chi connectivity index (χ2v) is 9.09. The van der Waals surface area contributed by atoms with Crippen molar-refractivity contribution in [2.75, 3.05) is 25.0 Å². The Bertz CT molecular complexity index is 1290. The predicted molar refractivity (Wildman–Crippen MR) is 122 cm³/mol. The van der Waals surface area contributed by atoms with Gasteiger partial charge in [-0.2, -0.15) is 5.26 Å². The number of piperidine rings is 1. The van der Waals surface area contributed by atoms with Crippen LogP contribution in [0.25, 0.3) is 11.3 Å². The Labute approximate surface area is 209 Å². The van der Waals surface area contributed by atoms with Gasteiger partial charge in [-0.1, -0.05) is 0 Å². The number of alkyl halides is 2. The first kappa shape index (κ1) is 24.4. The number of hydrogen-bond donors (Lipinski definition) is 2. The maximum atomic E-state index is 14.9. The van der Waals surface area contributed by atoms with E-state index in [1.807, 2.05) is 6.07 Å². The van der Waals surface area contributed by atoms with Crippen LogP contribution in [0.1, 0.15) is 24.8 Å². The molecule has 1 saturated carbocycles. The van der Waals surface area contributed by atoms with E-state index in [9.17, 15) is 28.4 Å². The smallest absolute Gasteiger partial charge is 0.407 e. The van der Waals surface area contributed by atoms with Crippen molar-refractivity contribution in [3.63, 3.8) is 0 Å². The number of nitrogens with one attached hydrogen (secondary N) is 2. The summed E-state index contributed by atoms with van der Waals surface area (Å²) < 4.78 is 40.1. The first-order chi connectivity index (χ1) is 17.7. The molecule has 2 atom stereocenters. The zero-order chi connectivity index (χ0) is 26.2. The van der Waals surface area contributed by atoms with Crippen LogP contribution < -0.4 is 15.4 Å². The van der Waals surface area contributed by atoms with Gasteiger partial charge in [0.15, 0.2) is 6.10 Å². The highest BCUT2D eigenvalue weighted by Crippen LogP contribution is 2.34. The number of amides is 3. The fraction of sp³-hybridized carbons (Fsp3) is 0.417. The molecule has 5 rings (SSSR count). The van der Waals surface area contributed by atoms with Crippen molar-refractivity contribution < 1.29 is 32.6 Å². The molecule has 1 unspecified atom stereocenters. The number of alkyl carbamates (subject to hydrolysis) is 1. The van der Waals surface area contributed by atoms with E-state index in [1.54, 1.807) is 12.1 Å². The maximum absolute atomic E-state index is 14.9. The Morgan fingerprint density at radius 3 is 2.73 bits per heavy atom. The van der Waals surface area contributed by atoms with Gasteiger partial charge in [-0.3, -0.25) is 9.59 Å². The number of rotatable bonds is 6. The second kappa shape index (κ2) is 9.61. The molecule has 2 aromatic rings. The number of carbonyl (C=O) groups excluding carboxylic acids is 3. The number of carbonyl (C=O) groups is 3. The number of anilines is 1. The zero-order valence-electron chi connectivity index (χ0n) is 19.4. The minimum Gasteiger partial charge on any atom is -0.483 e. The van der Waals surface area contributed by atoms with Crippen LogP contribution in [-0.4, -0.2) is 70.5 Å². The standard InChI is InChI=1S/C24H22F2N6O5/c25-24(26)11-32(22(34)17-10-36-23(35)30-17)6-5-19(24)37-18-4-3-14(7-15(18)9-27)16-8-20(29-12-28-16)31-21(33)13-1-2-13/h3-4,7-8,12-13,17,19H,1-2,5-6,10-11H2,(H,30,35)(H,28,29,31,33)/t17?,19-/m0/s1. The zero-order valence-corrected chi connectivity index (χ0v) is 19.4. The van der Waals surface area contributed by atoms with Gasteiger partial charge in [0.05, 0.1) is 17.8 Å². The Morgan fingerprint density at radius 1 is 1.24 bits per heavy atom. The summed E-state index contributed by atoms with van der Waals surface area (Å²) in [7, 11) is 0. The van der Waals surface area contributed by atoms with E-state index in [0.717, 1.165) is 17.7 Å². The van der Waals surface area contributed by atoms with E-state index < -0.39 is 36.6 Å². The maximum Gasteiger partial charge on any atom is 0.407 e. The van der Waals surface area contributed by atoms with Crippen molar-refractivity contribution in [1.82, 2.24) is 20.2 Å². The van der Waals surface area contributed by atoms with Crippen LogP contribution in [-0.2, 0) is 14.3 Å². The molecule has 2 N–H and O–H groups in total. The summed E-state index contributed by atoms with van der Waals surface area (Å²) in [5.41, 5.74) is 0.977. The lowest BCUT2D eigenvalue weighted by atomic mass is 10.0. The van der Waals surface area contributed by atoms with Gasteiger partial charge in [0.25, 0.3) is 0 Å². The molecule has 1 aliphatic carbocycles. The third-order valence-electron chi connectivity index (χ3n) is 6.35. The quantitative estimate of drug-likeness (QED) is 0.598. The van der Waals surface area contributed by atoms with Crippen LogP contribution >= 0.6 is 0 Å². The lowest BCUT2D eigenvalue weighted by molar-refractivity contribution is -0.161. The Kier molecular flexibility index (Phi) is 6.32. The summed E-state index contributed by atoms with van der Waals surface area (Å²) in [4.78, 5) is 44.8.